The average molecular weight is 240 g/mol. The molecular weight excluding hydrogens is 224 g/mol. The van der Waals surface area contributed by atoms with Crippen LogP contribution in [-0.2, 0) is 16.3 Å². The Balaban J connectivity index is 2.20. The van der Waals surface area contributed by atoms with Crippen LogP contribution >= 0.6 is 0 Å². The van der Waals surface area contributed by atoms with E-state index in [1.165, 1.54) is 6.26 Å². The van der Waals surface area contributed by atoms with Crippen LogP contribution in [0.5, 0.6) is 0 Å². The number of hydrogen-bond donors (Lipinski definition) is 1. The van der Waals surface area contributed by atoms with Crippen LogP contribution in [0.4, 0.5) is 0 Å². The highest BCUT2D eigenvalue weighted by atomic mass is 32.2. The van der Waals surface area contributed by atoms with Crippen molar-refractivity contribution in [3.8, 4) is 0 Å². The van der Waals surface area contributed by atoms with Crippen molar-refractivity contribution in [2.75, 3.05) is 6.26 Å². The summed E-state index contributed by atoms with van der Waals surface area (Å²) in [5, 5.41) is 9.73. The summed E-state index contributed by atoms with van der Waals surface area (Å²) in [6.07, 6.45) is 4.18. The molecule has 0 saturated heterocycles. The van der Waals surface area contributed by atoms with Gasteiger partial charge in [-0.2, -0.15) is 0 Å². The second-order valence-corrected chi connectivity index (χ2v) is 6.59. The normalized spacial score (nSPS) is 18.4. The fraction of sp³-hybridized carbons (Fsp3) is 0.500. The first-order chi connectivity index (χ1) is 7.41. The van der Waals surface area contributed by atoms with Crippen LogP contribution in [0.15, 0.2) is 29.2 Å². The van der Waals surface area contributed by atoms with Crippen LogP contribution in [0.3, 0.4) is 0 Å². The Morgan fingerprint density at radius 3 is 2.50 bits per heavy atom. The Kier molecular flexibility index (Phi) is 2.80. The lowest BCUT2D eigenvalue weighted by Crippen LogP contribution is -2.10. The third-order valence-electron chi connectivity index (χ3n) is 3.06. The van der Waals surface area contributed by atoms with Crippen molar-refractivity contribution in [3.05, 3.63) is 29.8 Å². The summed E-state index contributed by atoms with van der Waals surface area (Å²) in [4.78, 5) is 0.388. The molecule has 0 bridgehead atoms. The van der Waals surface area contributed by atoms with Gasteiger partial charge in [0.15, 0.2) is 9.84 Å². The number of aryl methyl sites for hydroxylation is 1. The van der Waals surface area contributed by atoms with Gasteiger partial charge < -0.3 is 5.11 Å². The van der Waals surface area contributed by atoms with Gasteiger partial charge in [0.05, 0.1) is 10.5 Å². The highest BCUT2D eigenvalue weighted by Gasteiger charge is 2.39. The summed E-state index contributed by atoms with van der Waals surface area (Å²) < 4.78 is 23.1. The maximum Gasteiger partial charge on any atom is 0.175 e. The molecule has 1 aromatic carbocycles. The summed E-state index contributed by atoms with van der Waals surface area (Å²) in [5.41, 5.74) is 0.287. The minimum Gasteiger partial charge on any atom is -0.390 e. The quantitative estimate of drug-likeness (QED) is 0.868. The van der Waals surface area contributed by atoms with Crippen molar-refractivity contribution < 1.29 is 13.5 Å². The van der Waals surface area contributed by atoms with E-state index < -0.39 is 15.4 Å². The van der Waals surface area contributed by atoms with E-state index in [1.807, 2.05) is 12.1 Å². The van der Waals surface area contributed by atoms with E-state index in [1.54, 1.807) is 12.1 Å². The Labute approximate surface area is 96.0 Å². The number of aliphatic hydroxyl groups is 1. The van der Waals surface area contributed by atoms with Crippen LogP contribution < -0.4 is 0 Å². The van der Waals surface area contributed by atoms with Crippen molar-refractivity contribution in [1.29, 1.82) is 0 Å². The summed E-state index contributed by atoms with van der Waals surface area (Å²) >= 11 is 0. The predicted molar refractivity (Wildman–Crippen MR) is 62.1 cm³/mol. The van der Waals surface area contributed by atoms with E-state index in [4.69, 9.17) is 0 Å². The number of benzene rings is 1. The van der Waals surface area contributed by atoms with E-state index in [-0.39, 0.29) is 0 Å². The Morgan fingerprint density at radius 2 is 1.94 bits per heavy atom. The van der Waals surface area contributed by atoms with Crippen LogP contribution in [0.1, 0.15) is 24.8 Å². The molecule has 0 aliphatic heterocycles. The van der Waals surface area contributed by atoms with Crippen molar-refractivity contribution in [3.63, 3.8) is 0 Å². The Hall–Kier alpha value is -0.870. The second-order valence-electron chi connectivity index (χ2n) is 4.60. The third kappa shape index (κ3) is 2.62. The van der Waals surface area contributed by atoms with E-state index in [2.05, 4.69) is 0 Å². The van der Waals surface area contributed by atoms with Gasteiger partial charge in [-0.1, -0.05) is 18.2 Å². The number of hydrogen-bond acceptors (Lipinski definition) is 3. The zero-order chi connectivity index (χ0) is 11.8. The fourth-order valence-corrected chi connectivity index (χ4v) is 2.81. The molecule has 1 N–H and O–H groups in total. The standard InChI is InChI=1S/C12H16O3S/c1-16(14,15)11-5-3-2-4-10(11)6-7-12(13)8-9-12/h2-5,13H,6-9H2,1H3. The molecule has 0 unspecified atom stereocenters. The summed E-state index contributed by atoms with van der Waals surface area (Å²) in [6.45, 7) is 0. The molecule has 4 heteroatoms. The van der Waals surface area contributed by atoms with E-state index in [0.29, 0.717) is 17.7 Å². The molecule has 1 aliphatic rings. The average Bonchev–Trinajstić information content (AvgIpc) is 2.94. The first-order valence-electron chi connectivity index (χ1n) is 5.41. The van der Waals surface area contributed by atoms with Gasteiger partial charge in [-0.3, -0.25) is 0 Å². The summed E-state index contributed by atoms with van der Waals surface area (Å²) in [5.74, 6) is 0. The number of sulfone groups is 1. The SMILES string of the molecule is CS(=O)(=O)c1ccccc1CCC1(O)CC1. The van der Waals surface area contributed by atoms with Gasteiger partial charge in [-0.05, 0) is 37.3 Å². The fourth-order valence-electron chi connectivity index (χ4n) is 1.83. The van der Waals surface area contributed by atoms with Gasteiger partial charge in [-0.15, -0.1) is 0 Å². The largest absolute Gasteiger partial charge is 0.390 e. The Bertz CT molecular complexity index is 487. The monoisotopic (exact) mass is 240 g/mol. The summed E-state index contributed by atoms with van der Waals surface area (Å²) in [7, 11) is -3.16. The molecular formula is C12H16O3S. The first kappa shape index (κ1) is 11.6. The lowest BCUT2D eigenvalue weighted by atomic mass is 10.1. The zero-order valence-corrected chi connectivity index (χ0v) is 10.1. The molecule has 2 rings (SSSR count). The molecule has 1 saturated carbocycles. The molecule has 0 atom stereocenters. The van der Waals surface area contributed by atoms with Crippen molar-refractivity contribution in [2.45, 2.75) is 36.2 Å². The van der Waals surface area contributed by atoms with Gasteiger partial charge in [0.1, 0.15) is 0 Å². The molecule has 3 nitrogen and oxygen atoms in total. The topological polar surface area (TPSA) is 54.4 Å². The lowest BCUT2D eigenvalue weighted by molar-refractivity contribution is 0.140. The maximum atomic E-state index is 11.5. The highest BCUT2D eigenvalue weighted by Crippen LogP contribution is 2.39. The van der Waals surface area contributed by atoms with Gasteiger partial charge >= 0.3 is 0 Å². The lowest BCUT2D eigenvalue weighted by Gasteiger charge is -2.10. The molecule has 1 aromatic rings. The van der Waals surface area contributed by atoms with Crippen LogP contribution in [-0.4, -0.2) is 25.4 Å². The minimum absolute atomic E-state index is 0.388. The molecule has 1 aliphatic carbocycles. The summed E-state index contributed by atoms with van der Waals surface area (Å²) in [6, 6.07) is 7.01. The van der Waals surface area contributed by atoms with Crippen LogP contribution in [0.25, 0.3) is 0 Å². The molecule has 0 heterocycles. The van der Waals surface area contributed by atoms with E-state index in [9.17, 15) is 13.5 Å². The molecule has 0 aromatic heterocycles. The molecule has 16 heavy (non-hydrogen) atoms. The van der Waals surface area contributed by atoms with E-state index in [0.717, 1.165) is 18.4 Å². The van der Waals surface area contributed by atoms with Gasteiger partial charge in [0.25, 0.3) is 0 Å². The zero-order valence-electron chi connectivity index (χ0n) is 9.31. The first-order valence-corrected chi connectivity index (χ1v) is 7.30. The molecule has 88 valence electrons. The van der Waals surface area contributed by atoms with E-state index >= 15 is 0 Å². The minimum atomic E-state index is -3.16. The third-order valence-corrected chi connectivity index (χ3v) is 4.26. The van der Waals surface area contributed by atoms with Crippen LogP contribution in [0, 0.1) is 0 Å². The smallest absolute Gasteiger partial charge is 0.175 e. The number of rotatable bonds is 4. The van der Waals surface area contributed by atoms with Crippen molar-refractivity contribution >= 4 is 9.84 Å². The Morgan fingerprint density at radius 1 is 1.31 bits per heavy atom. The highest BCUT2D eigenvalue weighted by molar-refractivity contribution is 7.90. The molecule has 0 radical (unpaired) electrons. The maximum absolute atomic E-state index is 11.5. The van der Waals surface area contributed by atoms with Crippen molar-refractivity contribution in [1.82, 2.24) is 0 Å². The van der Waals surface area contributed by atoms with Gasteiger partial charge in [-0.25, -0.2) is 8.42 Å². The second kappa shape index (κ2) is 3.86. The molecule has 0 amide bonds. The predicted octanol–water partition coefficient (Wildman–Crippen LogP) is 1.55. The molecule has 0 spiro atoms. The van der Waals surface area contributed by atoms with Gasteiger partial charge in [0.2, 0.25) is 0 Å². The van der Waals surface area contributed by atoms with Gasteiger partial charge in [0, 0.05) is 6.26 Å². The van der Waals surface area contributed by atoms with Crippen LogP contribution in [0.2, 0.25) is 0 Å². The van der Waals surface area contributed by atoms with Crippen molar-refractivity contribution in [2.24, 2.45) is 0 Å². The molecule has 1 fully saturated rings.